The minimum atomic E-state index is -0.350. The number of aryl methyl sites for hydroxylation is 2. The number of methoxy groups -OCH3 is 3. The zero-order valence-electron chi connectivity index (χ0n) is 18.1. The summed E-state index contributed by atoms with van der Waals surface area (Å²) >= 11 is 0. The summed E-state index contributed by atoms with van der Waals surface area (Å²) in [7, 11) is 4.76. The predicted molar refractivity (Wildman–Crippen MR) is 119 cm³/mol. The Balaban J connectivity index is 1.91. The Bertz CT molecular complexity index is 1070. The van der Waals surface area contributed by atoms with E-state index in [1.165, 1.54) is 0 Å². The van der Waals surface area contributed by atoms with Crippen molar-refractivity contribution in [3.63, 3.8) is 0 Å². The number of benzene rings is 2. The van der Waals surface area contributed by atoms with Gasteiger partial charge < -0.3 is 19.9 Å². The van der Waals surface area contributed by atoms with E-state index in [1.807, 2.05) is 32.9 Å². The lowest BCUT2D eigenvalue weighted by molar-refractivity contribution is 0.365. The zero-order chi connectivity index (χ0) is 21.8. The summed E-state index contributed by atoms with van der Waals surface area (Å²) in [6, 6.07) is 9.26. The number of anilines is 1. The van der Waals surface area contributed by atoms with Crippen molar-refractivity contribution in [3.8, 4) is 17.2 Å². The van der Waals surface area contributed by atoms with Crippen LogP contribution in [-0.2, 0) is 0 Å². The molecular weight excluding hydrogens is 382 g/mol. The van der Waals surface area contributed by atoms with Gasteiger partial charge in [0.25, 0.3) is 0 Å². The standard InChI is InChI=1S/C22H27N5O3/c1-12-7-8-17-16(9-12)13(2)25-22(26-17)27-21(23)24-14(3)20-18(29-5)10-15(28-4)11-19(20)30-6/h7-11,14H,1-6H3,(H3,23,24,25,26,27). The Morgan fingerprint density at radius 3 is 2.27 bits per heavy atom. The number of aromatic nitrogens is 2. The molecule has 0 radical (unpaired) electrons. The first-order valence-corrected chi connectivity index (χ1v) is 9.51. The SMILES string of the molecule is COc1cc(OC)c(C(C)N=C(N)Nc2nc(C)c3cc(C)ccc3n2)c(OC)c1. The van der Waals surface area contributed by atoms with Crippen LogP contribution in [0.4, 0.5) is 5.95 Å². The van der Waals surface area contributed by atoms with Crippen LogP contribution in [0, 0.1) is 13.8 Å². The van der Waals surface area contributed by atoms with Crippen LogP contribution in [0.3, 0.4) is 0 Å². The van der Waals surface area contributed by atoms with Gasteiger partial charge in [-0.25, -0.2) is 15.0 Å². The molecule has 158 valence electrons. The van der Waals surface area contributed by atoms with Crippen molar-refractivity contribution in [1.29, 1.82) is 0 Å². The lowest BCUT2D eigenvalue weighted by Gasteiger charge is -2.18. The van der Waals surface area contributed by atoms with E-state index >= 15 is 0 Å². The summed E-state index contributed by atoms with van der Waals surface area (Å²) in [5, 5.41) is 4.00. The fourth-order valence-corrected chi connectivity index (χ4v) is 3.32. The first-order chi connectivity index (χ1) is 14.4. The van der Waals surface area contributed by atoms with Crippen LogP contribution in [0.1, 0.15) is 29.8 Å². The highest BCUT2D eigenvalue weighted by Gasteiger charge is 2.19. The molecule has 0 fully saturated rings. The Morgan fingerprint density at radius 2 is 1.67 bits per heavy atom. The van der Waals surface area contributed by atoms with Crippen molar-refractivity contribution in [3.05, 3.63) is 47.2 Å². The molecule has 0 aliphatic carbocycles. The molecule has 0 aliphatic rings. The molecule has 30 heavy (non-hydrogen) atoms. The van der Waals surface area contributed by atoms with Crippen LogP contribution in [0.5, 0.6) is 17.2 Å². The molecule has 3 rings (SSSR count). The minimum Gasteiger partial charge on any atom is -0.496 e. The maximum Gasteiger partial charge on any atom is 0.230 e. The first kappa shape index (κ1) is 21.2. The summed E-state index contributed by atoms with van der Waals surface area (Å²) < 4.78 is 16.3. The van der Waals surface area contributed by atoms with E-state index in [0.29, 0.717) is 23.2 Å². The zero-order valence-corrected chi connectivity index (χ0v) is 18.1. The predicted octanol–water partition coefficient (Wildman–Crippen LogP) is 3.76. The molecule has 2 aromatic carbocycles. The van der Waals surface area contributed by atoms with E-state index in [-0.39, 0.29) is 12.0 Å². The summed E-state index contributed by atoms with van der Waals surface area (Å²) in [4.78, 5) is 13.6. The van der Waals surface area contributed by atoms with Crippen LogP contribution in [-0.4, -0.2) is 37.3 Å². The number of fused-ring (bicyclic) bond motifs is 1. The number of hydrogen-bond donors (Lipinski definition) is 2. The normalized spacial score (nSPS) is 12.5. The average molecular weight is 409 g/mol. The molecule has 1 heterocycles. The molecule has 0 amide bonds. The van der Waals surface area contributed by atoms with Gasteiger partial charge in [-0.15, -0.1) is 0 Å². The Morgan fingerprint density at radius 1 is 1.00 bits per heavy atom. The number of aliphatic imine (C=N–C) groups is 1. The van der Waals surface area contributed by atoms with Gasteiger partial charge in [-0.2, -0.15) is 0 Å². The topological polar surface area (TPSA) is 104 Å². The first-order valence-electron chi connectivity index (χ1n) is 9.51. The smallest absolute Gasteiger partial charge is 0.230 e. The van der Waals surface area contributed by atoms with Crippen molar-refractivity contribution in [2.75, 3.05) is 26.6 Å². The molecule has 0 saturated carbocycles. The highest BCUT2D eigenvalue weighted by molar-refractivity contribution is 5.92. The highest BCUT2D eigenvalue weighted by Crippen LogP contribution is 2.39. The second kappa shape index (κ2) is 8.86. The molecule has 1 aromatic heterocycles. The summed E-state index contributed by atoms with van der Waals surface area (Å²) in [5.74, 6) is 2.41. The number of rotatable bonds is 6. The van der Waals surface area contributed by atoms with Crippen LogP contribution in [0.15, 0.2) is 35.3 Å². The molecule has 0 aliphatic heterocycles. The second-order valence-corrected chi connectivity index (χ2v) is 6.91. The number of hydrogen-bond acceptors (Lipinski definition) is 6. The monoisotopic (exact) mass is 409 g/mol. The maximum atomic E-state index is 6.15. The van der Waals surface area contributed by atoms with E-state index < -0.39 is 0 Å². The molecule has 8 nitrogen and oxygen atoms in total. The van der Waals surface area contributed by atoms with E-state index in [2.05, 4.69) is 26.3 Å². The average Bonchev–Trinajstić information content (AvgIpc) is 2.72. The number of nitrogens with zero attached hydrogens (tertiary/aromatic N) is 3. The Labute approximate surface area is 176 Å². The maximum absolute atomic E-state index is 6.15. The molecule has 1 atom stereocenters. The molecule has 1 unspecified atom stereocenters. The van der Waals surface area contributed by atoms with Crippen molar-refractivity contribution in [2.45, 2.75) is 26.8 Å². The third-order valence-corrected chi connectivity index (χ3v) is 4.79. The van der Waals surface area contributed by atoms with Crippen molar-refractivity contribution < 1.29 is 14.2 Å². The lowest BCUT2D eigenvalue weighted by atomic mass is 10.1. The van der Waals surface area contributed by atoms with Crippen LogP contribution >= 0.6 is 0 Å². The summed E-state index contributed by atoms with van der Waals surface area (Å²) in [6.45, 7) is 5.88. The van der Waals surface area contributed by atoms with Gasteiger partial charge in [0.05, 0.1) is 44.1 Å². The summed E-state index contributed by atoms with van der Waals surface area (Å²) in [6.07, 6.45) is 0. The molecule has 3 N–H and O–H groups in total. The van der Waals surface area contributed by atoms with Gasteiger partial charge in [0.15, 0.2) is 5.96 Å². The molecule has 3 aromatic rings. The van der Waals surface area contributed by atoms with Gasteiger partial charge in [-0.3, -0.25) is 5.32 Å². The van der Waals surface area contributed by atoms with E-state index in [0.717, 1.165) is 27.7 Å². The molecular formula is C22H27N5O3. The van der Waals surface area contributed by atoms with Crippen LogP contribution in [0.2, 0.25) is 0 Å². The number of guanidine groups is 1. The van der Waals surface area contributed by atoms with E-state index in [1.54, 1.807) is 33.5 Å². The van der Waals surface area contributed by atoms with Crippen LogP contribution < -0.4 is 25.3 Å². The fourth-order valence-electron chi connectivity index (χ4n) is 3.32. The van der Waals surface area contributed by atoms with Gasteiger partial charge in [0.2, 0.25) is 5.95 Å². The van der Waals surface area contributed by atoms with E-state index in [4.69, 9.17) is 19.9 Å². The fraction of sp³-hybridized carbons (Fsp3) is 0.318. The number of ether oxygens (including phenoxy) is 3. The molecule has 0 saturated heterocycles. The van der Waals surface area contributed by atoms with Crippen molar-refractivity contribution in [1.82, 2.24) is 9.97 Å². The van der Waals surface area contributed by atoms with Crippen LogP contribution in [0.25, 0.3) is 10.9 Å². The van der Waals surface area contributed by atoms with Crippen molar-refractivity contribution >= 4 is 22.8 Å². The number of nitrogens with two attached hydrogens (primary N) is 1. The third-order valence-electron chi connectivity index (χ3n) is 4.79. The number of nitrogens with one attached hydrogen (secondary N) is 1. The lowest BCUT2D eigenvalue weighted by Crippen LogP contribution is -2.25. The quantitative estimate of drug-likeness (QED) is 0.472. The molecule has 8 heteroatoms. The van der Waals surface area contributed by atoms with Crippen molar-refractivity contribution in [2.24, 2.45) is 10.7 Å². The van der Waals surface area contributed by atoms with Gasteiger partial charge >= 0.3 is 0 Å². The van der Waals surface area contributed by atoms with Gasteiger partial charge in [-0.05, 0) is 32.9 Å². The summed E-state index contributed by atoms with van der Waals surface area (Å²) in [5.41, 5.74) is 9.78. The highest BCUT2D eigenvalue weighted by atomic mass is 16.5. The second-order valence-electron chi connectivity index (χ2n) is 6.91. The minimum absolute atomic E-state index is 0.188. The Kier molecular flexibility index (Phi) is 6.25. The molecule has 0 spiro atoms. The molecule has 0 bridgehead atoms. The van der Waals surface area contributed by atoms with E-state index in [9.17, 15) is 0 Å². The largest absolute Gasteiger partial charge is 0.496 e. The van der Waals surface area contributed by atoms with Gasteiger partial charge in [0, 0.05) is 17.5 Å². The Hall–Kier alpha value is -3.55. The van der Waals surface area contributed by atoms with Gasteiger partial charge in [-0.1, -0.05) is 11.6 Å². The third kappa shape index (κ3) is 4.37. The van der Waals surface area contributed by atoms with Gasteiger partial charge in [0.1, 0.15) is 17.2 Å².